The van der Waals surface area contributed by atoms with Gasteiger partial charge < -0.3 is 10.1 Å². The minimum atomic E-state index is -0.425. The van der Waals surface area contributed by atoms with Crippen LogP contribution in [0.4, 0.5) is 5.69 Å². The van der Waals surface area contributed by atoms with Crippen molar-refractivity contribution in [1.29, 1.82) is 0 Å². The highest BCUT2D eigenvalue weighted by Gasteiger charge is 2.13. The predicted molar refractivity (Wildman–Crippen MR) is 86.3 cm³/mol. The molecule has 4 nitrogen and oxygen atoms in total. The molecule has 1 N–H and O–H groups in total. The highest BCUT2D eigenvalue weighted by Crippen LogP contribution is 2.20. The number of hydrogen-bond donors (Lipinski definition) is 1. The maximum atomic E-state index is 12.1. The van der Waals surface area contributed by atoms with Gasteiger partial charge in [-0.05, 0) is 42.3 Å². The molecule has 0 saturated heterocycles. The quantitative estimate of drug-likeness (QED) is 0.876. The van der Waals surface area contributed by atoms with Crippen LogP contribution in [0, 0.1) is 6.92 Å². The Morgan fingerprint density at radius 1 is 1.14 bits per heavy atom. The zero-order chi connectivity index (χ0) is 16.1. The Balaban J connectivity index is 2.11. The Hall–Kier alpha value is -2.33. The summed E-state index contributed by atoms with van der Waals surface area (Å²) in [4.78, 5) is 23.8. The number of halogens is 1. The van der Waals surface area contributed by atoms with Crippen LogP contribution in [0.25, 0.3) is 0 Å². The van der Waals surface area contributed by atoms with Crippen molar-refractivity contribution < 1.29 is 14.3 Å². The minimum absolute atomic E-state index is 0.160. The molecule has 0 aliphatic carbocycles. The second kappa shape index (κ2) is 7.09. The number of carbonyl (C=O) groups excluding carboxylic acids is 2. The van der Waals surface area contributed by atoms with Crippen LogP contribution in [0.2, 0.25) is 5.02 Å². The molecule has 0 fully saturated rings. The smallest absolute Gasteiger partial charge is 0.338 e. The third-order valence-electron chi connectivity index (χ3n) is 3.29. The molecule has 2 rings (SSSR count). The van der Waals surface area contributed by atoms with Crippen molar-refractivity contribution in [3.05, 3.63) is 64.2 Å². The lowest BCUT2D eigenvalue weighted by Gasteiger charge is -2.11. The molecule has 0 aliphatic heterocycles. The molecule has 0 bridgehead atoms. The Kier molecular flexibility index (Phi) is 5.17. The number of anilines is 1. The van der Waals surface area contributed by atoms with Crippen molar-refractivity contribution in [1.82, 2.24) is 0 Å². The predicted octanol–water partition coefficient (Wildman–Crippen LogP) is 3.62. The third-order valence-corrected chi connectivity index (χ3v) is 3.54. The van der Waals surface area contributed by atoms with Crippen LogP contribution in [-0.4, -0.2) is 19.0 Å². The highest BCUT2D eigenvalue weighted by molar-refractivity contribution is 6.30. The van der Waals surface area contributed by atoms with Crippen molar-refractivity contribution in [3.63, 3.8) is 0 Å². The molecule has 22 heavy (non-hydrogen) atoms. The third kappa shape index (κ3) is 3.86. The second-order valence-electron chi connectivity index (χ2n) is 4.82. The topological polar surface area (TPSA) is 55.4 Å². The van der Waals surface area contributed by atoms with Crippen LogP contribution in [-0.2, 0) is 16.0 Å². The number of methoxy groups -OCH3 is 1. The van der Waals surface area contributed by atoms with E-state index in [4.69, 9.17) is 16.3 Å². The standard InChI is InChI=1S/C17H16ClNO3/c1-11-14(17(21)22-2)4-3-5-15(11)19-16(20)10-12-6-8-13(18)9-7-12/h3-9H,10H2,1-2H3,(H,19,20). The Bertz CT molecular complexity index is 696. The summed E-state index contributed by atoms with van der Waals surface area (Å²) in [7, 11) is 1.33. The summed E-state index contributed by atoms with van der Waals surface area (Å²) in [6, 6.07) is 12.2. The number of amides is 1. The van der Waals surface area contributed by atoms with Crippen molar-refractivity contribution in [3.8, 4) is 0 Å². The summed E-state index contributed by atoms with van der Waals surface area (Å²) < 4.78 is 4.72. The van der Waals surface area contributed by atoms with Gasteiger partial charge in [0.15, 0.2) is 0 Å². The average Bonchev–Trinajstić information content (AvgIpc) is 2.51. The van der Waals surface area contributed by atoms with E-state index in [2.05, 4.69) is 5.32 Å². The van der Waals surface area contributed by atoms with Crippen molar-refractivity contribution in [2.75, 3.05) is 12.4 Å². The number of hydrogen-bond acceptors (Lipinski definition) is 3. The van der Waals surface area contributed by atoms with Gasteiger partial charge in [-0.25, -0.2) is 4.79 Å². The average molecular weight is 318 g/mol. The normalized spacial score (nSPS) is 10.1. The molecular formula is C17H16ClNO3. The molecule has 5 heteroatoms. The highest BCUT2D eigenvalue weighted by atomic mass is 35.5. The fourth-order valence-electron chi connectivity index (χ4n) is 2.08. The second-order valence-corrected chi connectivity index (χ2v) is 5.26. The van der Waals surface area contributed by atoms with E-state index in [1.54, 1.807) is 49.4 Å². The number of rotatable bonds is 4. The summed E-state index contributed by atoms with van der Waals surface area (Å²) in [5.41, 5.74) is 2.58. The van der Waals surface area contributed by atoms with E-state index in [-0.39, 0.29) is 12.3 Å². The van der Waals surface area contributed by atoms with Gasteiger partial charge in [0, 0.05) is 10.7 Å². The molecule has 1 amide bonds. The van der Waals surface area contributed by atoms with Gasteiger partial charge in [-0.2, -0.15) is 0 Å². The lowest BCUT2D eigenvalue weighted by molar-refractivity contribution is -0.115. The van der Waals surface area contributed by atoms with E-state index in [9.17, 15) is 9.59 Å². The van der Waals surface area contributed by atoms with Crippen LogP contribution in [0.3, 0.4) is 0 Å². The van der Waals surface area contributed by atoms with Crippen LogP contribution in [0.5, 0.6) is 0 Å². The SMILES string of the molecule is COC(=O)c1cccc(NC(=O)Cc2ccc(Cl)cc2)c1C. The molecule has 0 atom stereocenters. The van der Waals surface area contributed by atoms with E-state index in [0.29, 0.717) is 21.8 Å². The number of esters is 1. The minimum Gasteiger partial charge on any atom is -0.465 e. The van der Waals surface area contributed by atoms with Crippen molar-refractivity contribution >= 4 is 29.2 Å². The van der Waals surface area contributed by atoms with Crippen LogP contribution < -0.4 is 5.32 Å². The maximum Gasteiger partial charge on any atom is 0.338 e. The Morgan fingerprint density at radius 3 is 2.45 bits per heavy atom. The van der Waals surface area contributed by atoms with Gasteiger partial charge in [-0.15, -0.1) is 0 Å². The summed E-state index contributed by atoms with van der Waals surface area (Å²) in [5.74, 6) is -0.585. The molecule has 0 radical (unpaired) electrons. The zero-order valence-corrected chi connectivity index (χ0v) is 13.1. The van der Waals surface area contributed by atoms with Gasteiger partial charge in [-0.3, -0.25) is 4.79 Å². The molecule has 0 unspecified atom stereocenters. The van der Waals surface area contributed by atoms with E-state index < -0.39 is 5.97 Å². The zero-order valence-electron chi connectivity index (χ0n) is 12.4. The largest absolute Gasteiger partial charge is 0.465 e. The van der Waals surface area contributed by atoms with Gasteiger partial charge in [0.05, 0.1) is 19.1 Å². The number of benzene rings is 2. The fourth-order valence-corrected chi connectivity index (χ4v) is 2.21. The molecule has 0 heterocycles. The monoisotopic (exact) mass is 317 g/mol. The Labute approximate surface area is 134 Å². The first-order chi connectivity index (χ1) is 10.5. The molecule has 0 saturated carbocycles. The van der Waals surface area contributed by atoms with Crippen molar-refractivity contribution in [2.45, 2.75) is 13.3 Å². The van der Waals surface area contributed by atoms with Gasteiger partial charge in [0.1, 0.15) is 0 Å². The van der Waals surface area contributed by atoms with Crippen molar-refractivity contribution in [2.24, 2.45) is 0 Å². The molecule has 0 spiro atoms. The van der Waals surface area contributed by atoms with E-state index >= 15 is 0 Å². The molecular weight excluding hydrogens is 302 g/mol. The van der Waals surface area contributed by atoms with Crippen LogP contribution in [0.1, 0.15) is 21.5 Å². The van der Waals surface area contributed by atoms with Gasteiger partial charge in [0.25, 0.3) is 0 Å². The summed E-state index contributed by atoms with van der Waals surface area (Å²) in [6.45, 7) is 1.77. The van der Waals surface area contributed by atoms with Gasteiger partial charge >= 0.3 is 5.97 Å². The fraction of sp³-hybridized carbons (Fsp3) is 0.176. The first kappa shape index (κ1) is 16.0. The van der Waals surface area contributed by atoms with Crippen LogP contribution in [0.15, 0.2) is 42.5 Å². The molecule has 0 aliphatic rings. The number of ether oxygens (including phenoxy) is 1. The van der Waals surface area contributed by atoms with E-state index in [0.717, 1.165) is 5.56 Å². The number of carbonyl (C=O) groups is 2. The molecule has 2 aromatic rings. The van der Waals surface area contributed by atoms with Crippen LogP contribution >= 0.6 is 11.6 Å². The summed E-state index contributed by atoms with van der Waals surface area (Å²) in [5, 5.41) is 3.44. The van der Waals surface area contributed by atoms with Gasteiger partial charge in [0.2, 0.25) is 5.91 Å². The Morgan fingerprint density at radius 2 is 1.82 bits per heavy atom. The molecule has 114 valence electrons. The van der Waals surface area contributed by atoms with E-state index in [1.807, 2.05) is 0 Å². The maximum absolute atomic E-state index is 12.1. The molecule has 2 aromatic carbocycles. The first-order valence-electron chi connectivity index (χ1n) is 6.73. The first-order valence-corrected chi connectivity index (χ1v) is 7.11. The lowest BCUT2D eigenvalue weighted by Crippen LogP contribution is -2.16. The lowest BCUT2D eigenvalue weighted by atomic mass is 10.1. The van der Waals surface area contributed by atoms with E-state index in [1.165, 1.54) is 7.11 Å². The van der Waals surface area contributed by atoms with Gasteiger partial charge in [-0.1, -0.05) is 29.8 Å². The molecule has 0 aromatic heterocycles. The number of nitrogens with one attached hydrogen (secondary N) is 1. The summed E-state index contributed by atoms with van der Waals surface area (Å²) >= 11 is 5.82. The summed E-state index contributed by atoms with van der Waals surface area (Å²) in [6.07, 6.45) is 0.235.